The van der Waals surface area contributed by atoms with Gasteiger partial charge in [0, 0.05) is 50.2 Å². The fourth-order valence-corrected chi connectivity index (χ4v) is 10.2. The van der Waals surface area contributed by atoms with Gasteiger partial charge in [-0.15, -0.1) is 0 Å². The number of esters is 2. The van der Waals surface area contributed by atoms with E-state index >= 15 is 0 Å². The number of methoxy groups -OCH3 is 1. The molecule has 0 amide bonds. The SMILES string of the molecule is CCCC(=O)O[C@H]1[C@H](C)OC(O[C@H]2[C@H](C)[C@@H](O[C@@H]3O[C@H](C)C[C@H](N(C)C)[C@H]3O)C(C)(O)C[C@@H](C)/C(=N\OCCCOc3ccccc3)[C@@H](C)[C@@H](O)[C@](C)(O)[C@H](CC)OC(=O)[C@@H]2C)C[C@@]1(C)OC. The van der Waals surface area contributed by atoms with Crippen molar-refractivity contribution >= 4 is 17.7 Å². The maximum absolute atomic E-state index is 14.6. The lowest BCUT2D eigenvalue weighted by Crippen LogP contribution is -2.61. The molecule has 0 saturated carbocycles. The van der Waals surface area contributed by atoms with E-state index in [2.05, 4.69) is 5.16 Å². The number of carbonyl (C=O) groups excluding carboxylic acids is 2. The van der Waals surface area contributed by atoms with Crippen molar-refractivity contribution in [3.63, 3.8) is 0 Å². The third kappa shape index (κ3) is 14.3. The van der Waals surface area contributed by atoms with Crippen molar-refractivity contribution in [1.82, 2.24) is 4.90 Å². The number of ether oxygens (including phenoxy) is 8. The lowest BCUT2D eigenvalue weighted by Gasteiger charge is -2.49. The van der Waals surface area contributed by atoms with E-state index < -0.39 is 102 Å². The molecule has 17 nitrogen and oxygen atoms in total. The second-order valence-electron chi connectivity index (χ2n) is 20.1. The summed E-state index contributed by atoms with van der Waals surface area (Å²) in [5.74, 6) is -3.84. The number of rotatable bonds is 16. The van der Waals surface area contributed by atoms with Gasteiger partial charge in [0.1, 0.15) is 35.8 Å². The van der Waals surface area contributed by atoms with Gasteiger partial charge < -0.3 is 68.1 Å². The number of hydrogen-bond acceptors (Lipinski definition) is 17. The second kappa shape index (κ2) is 24.7. The molecular weight excluding hydrogens is 869 g/mol. The molecule has 17 heteroatoms. The molecule has 3 fully saturated rings. The monoisotopic (exact) mass is 953 g/mol. The predicted octanol–water partition coefficient (Wildman–Crippen LogP) is 5.41. The summed E-state index contributed by atoms with van der Waals surface area (Å²) in [6.45, 7) is 19.6. The van der Waals surface area contributed by atoms with Gasteiger partial charge in [-0.25, -0.2) is 0 Å². The van der Waals surface area contributed by atoms with Crippen LogP contribution in [0.1, 0.15) is 121 Å². The maximum Gasteiger partial charge on any atom is 0.311 e. The molecule has 0 bridgehead atoms. The van der Waals surface area contributed by atoms with Crippen molar-refractivity contribution < 1.29 is 72.7 Å². The lowest BCUT2D eigenvalue weighted by atomic mass is 9.73. The van der Waals surface area contributed by atoms with E-state index in [1.165, 1.54) is 14.0 Å². The summed E-state index contributed by atoms with van der Waals surface area (Å²) in [6, 6.07) is 9.05. The van der Waals surface area contributed by atoms with E-state index in [1.807, 2.05) is 77.0 Å². The first-order chi connectivity index (χ1) is 31.4. The summed E-state index contributed by atoms with van der Waals surface area (Å²) in [6.07, 6.45) is -8.13. The summed E-state index contributed by atoms with van der Waals surface area (Å²) >= 11 is 0. The highest BCUT2D eigenvalue weighted by molar-refractivity contribution is 5.88. The van der Waals surface area contributed by atoms with E-state index in [9.17, 15) is 30.0 Å². The second-order valence-corrected chi connectivity index (χ2v) is 20.1. The number of oxime groups is 1. The predicted molar refractivity (Wildman–Crippen MR) is 250 cm³/mol. The summed E-state index contributed by atoms with van der Waals surface area (Å²) in [4.78, 5) is 35.1. The van der Waals surface area contributed by atoms with Crippen molar-refractivity contribution in [2.75, 3.05) is 34.4 Å². The summed E-state index contributed by atoms with van der Waals surface area (Å²) < 4.78 is 50.3. The van der Waals surface area contributed by atoms with E-state index in [1.54, 1.807) is 41.5 Å². The minimum Gasteiger partial charge on any atom is -0.493 e. The first kappa shape index (κ1) is 56.6. The molecule has 18 atom stereocenters. The van der Waals surface area contributed by atoms with Crippen LogP contribution >= 0.6 is 0 Å². The fraction of sp³-hybridized carbons (Fsp3) is 0.820. The number of hydrogen-bond donors (Lipinski definition) is 4. The van der Waals surface area contributed by atoms with Gasteiger partial charge in [-0.3, -0.25) is 9.59 Å². The van der Waals surface area contributed by atoms with Gasteiger partial charge in [-0.2, -0.15) is 0 Å². The Hall–Kier alpha value is -2.97. The molecule has 4 N–H and O–H groups in total. The Kier molecular flexibility index (Phi) is 20.9. The van der Waals surface area contributed by atoms with Gasteiger partial charge >= 0.3 is 11.9 Å². The largest absolute Gasteiger partial charge is 0.493 e. The number of carbonyl (C=O) groups is 2. The van der Waals surface area contributed by atoms with Crippen molar-refractivity contribution in [2.45, 2.75) is 205 Å². The number of para-hydroxylation sites is 1. The van der Waals surface area contributed by atoms with E-state index in [0.717, 1.165) is 5.75 Å². The van der Waals surface area contributed by atoms with Crippen molar-refractivity contribution in [3.8, 4) is 5.75 Å². The molecule has 0 radical (unpaired) electrons. The molecule has 2 unspecified atom stereocenters. The molecule has 4 rings (SSSR count). The maximum atomic E-state index is 14.6. The average Bonchev–Trinajstić information content (AvgIpc) is 3.27. The van der Waals surface area contributed by atoms with Crippen LogP contribution in [0.4, 0.5) is 0 Å². The Morgan fingerprint density at radius 3 is 2.19 bits per heavy atom. The molecule has 67 heavy (non-hydrogen) atoms. The molecule has 1 aromatic carbocycles. The molecule has 0 aromatic heterocycles. The quantitative estimate of drug-likeness (QED) is 0.0927. The van der Waals surface area contributed by atoms with Gasteiger partial charge in [0.2, 0.25) is 0 Å². The number of aliphatic hydroxyl groups excluding tert-OH is 2. The molecule has 3 aliphatic heterocycles. The molecule has 3 heterocycles. The van der Waals surface area contributed by atoms with Gasteiger partial charge in [-0.1, -0.05) is 58.0 Å². The first-order valence-corrected chi connectivity index (χ1v) is 24.3. The minimum atomic E-state index is -1.98. The highest BCUT2D eigenvalue weighted by Crippen LogP contribution is 2.41. The van der Waals surface area contributed by atoms with Crippen LogP contribution < -0.4 is 4.74 Å². The Balaban J connectivity index is 1.80. The van der Waals surface area contributed by atoms with Gasteiger partial charge in [-0.05, 0) is 93.5 Å². The average molecular weight is 953 g/mol. The number of benzene rings is 1. The van der Waals surface area contributed by atoms with Gasteiger partial charge in [0.05, 0.1) is 54.4 Å². The van der Waals surface area contributed by atoms with Crippen molar-refractivity contribution in [2.24, 2.45) is 28.8 Å². The lowest BCUT2D eigenvalue weighted by molar-refractivity contribution is -0.318. The van der Waals surface area contributed by atoms with Crippen LogP contribution in [0.2, 0.25) is 0 Å². The van der Waals surface area contributed by atoms with Crippen LogP contribution in [0.25, 0.3) is 0 Å². The fourth-order valence-electron chi connectivity index (χ4n) is 10.2. The standard InChI is InChI=1S/C50H84N2O15/c1-15-21-38(53)65-45-34(8)63-39(28-49(45,10)59-14)66-42-32(6)44(67-47-41(54)36(52(12)13)26-30(4)62-47)48(9,57)27-29(3)40(51-61-25-20-24-60-35-22-18-17-19-23-35)31(5)43(55)50(11,58)37(16-2)64-46(56)33(42)7/h17-19,22-23,29-34,36-37,39,41-45,47,54-55,57-58H,15-16,20-21,24-28H2,1-14H3/b51-40+/t29-,30-,31-,32+,33-,34+,36+,37+,39?,41-,42+,43-,44-,45+,47+,48?,49-,50-/m1/s1. The molecule has 3 aliphatic rings. The smallest absolute Gasteiger partial charge is 0.311 e. The number of likely N-dealkylation sites (N-methyl/N-ethyl adjacent to an activating group) is 1. The van der Waals surface area contributed by atoms with Crippen LogP contribution in [0.3, 0.4) is 0 Å². The van der Waals surface area contributed by atoms with Gasteiger partial charge in [0.15, 0.2) is 18.7 Å². The molecular formula is C50H84N2O15. The highest BCUT2D eigenvalue weighted by atomic mass is 16.7. The molecule has 0 aliphatic carbocycles. The molecule has 0 spiro atoms. The Bertz CT molecular complexity index is 1710. The Morgan fingerprint density at radius 1 is 0.910 bits per heavy atom. The third-order valence-electron chi connectivity index (χ3n) is 14.1. The number of cyclic esters (lactones) is 1. The first-order valence-electron chi connectivity index (χ1n) is 24.3. The highest BCUT2D eigenvalue weighted by Gasteiger charge is 2.54. The number of aliphatic hydroxyl groups is 4. The van der Waals surface area contributed by atoms with Crippen molar-refractivity contribution in [3.05, 3.63) is 30.3 Å². The zero-order valence-electron chi connectivity index (χ0n) is 42.6. The van der Waals surface area contributed by atoms with Crippen LogP contribution in [-0.4, -0.2) is 162 Å². The Labute approximate surface area is 399 Å². The normalized spacial score (nSPS) is 41.0. The third-order valence-corrected chi connectivity index (χ3v) is 14.1. The van der Waals surface area contributed by atoms with E-state index in [4.69, 9.17) is 42.7 Å². The van der Waals surface area contributed by atoms with Crippen LogP contribution in [0, 0.1) is 23.7 Å². The van der Waals surface area contributed by atoms with Crippen LogP contribution in [0.5, 0.6) is 5.75 Å². The molecule has 3 saturated heterocycles. The molecule has 1 aromatic rings. The zero-order valence-corrected chi connectivity index (χ0v) is 42.6. The van der Waals surface area contributed by atoms with Crippen LogP contribution in [-0.2, 0) is 47.6 Å². The topological polar surface area (TPSA) is 214 Å². The summed E-state index contributed by atoms with van der Waals surface area (Å²) in [7, 11) is 5.26. The van der Waals surface area contributed by atoms with E-state index in [0.29, 0.717) is 31.6 Å². The van der Waals surface area contributed by atoms with Crippen molar-refractivity contribution in [1.29, 1.82) is 0 Å². The minimum absolute atomic E-state index is 0.0255. The zero-order chi connectivity index (χ0) is 50.0. The molecule has 384 valence electrons. The summed E-state index contributed by atoms with van der Waals surface area (Å²) in [5.41, 5.74) is -4.49. The van der Waals surface area contributed by atoms with E-state index in [-0.39, 0.29) is 50.4 Å². The van der Waals surface area contributed by atoms with Crippen LogP contribution in [0.15, 0.2) is 35.5 Å². The summed E-state index contributed by atoms with van der Waals surface area (Å²) in [5, 5.41) is 53.5. The Morgan fingerprint density at radius 2 is 1.58 bits per heavy atom. The van der Waals surface area contributed by atoms with Gasteiger partial charge in [0.25, 0.3) is 0 Å². The number of nitrogens with zero attached hydrogens (tertiary/aromatic N) is 2.